The van der Waals surface area contributed by atoms with Crippen molar-refractivity contribution in [1.82, 2.24) is 5.43 Å². The van der Waals surface area contributed by atoms with Crippen LogP contribution in [0.4, 0.5) is 5.69 Å². The van der Waals surface area contributed by atoms with E-state index in [9.17, 15) is 9.59 Å². The van der Waals surface area contributed by atoms with Crippen molar-refractivity contribution < 1.29 is 19.1 Å². The number of rotatable bonds is 7. The fourth-order valence-electron chi connectivity index (χ4n) is 2.30. The number of carbonyl (C=O) groups excluding carboxylic acids is 2. The fraction of sp³-hybridized carbons (Fsp3) is 0.250. The third kappa shape index (κ3) is 5.99. The van der Waals surface area contributed by atoms with Gasteiger partial charge in [0.2, 0.25) is 5.91 Å². The Kier molecular flexibility index (Phi) is 7.40. The van der Waals surface area contributed by atoms with Crippen LogP contribution in [-0.4, -0.2) is 31.2 Å². The summed E-state index contributed by atoms with van der Waals surface area (Å²) in [7, 11) is 1.52. The van der Waals surface area contributed by atoms with Crippen molar-refractivity contribution in [1.29, 1.82) is 0 Å². The summed E-state index contributed by atoms with van der Waals surface area (Å²) in [5.41, 5.74) is 4.09. The molecule has 0 bridgehead atoms. The topological polar surface area (TPSA) is 89.0 Å². The second-order valence-electron chi connectivity index (χ2n) is 6.16. The van der Waals surface area contributed by atoms with E-state index in [4.69, 9.17) is 21.1 Å². The first-order valence-corrected chi connectivity index (χ1v) is 8.93. The molecule has 2 N–H and O–H groups in total. The molecule has 2 aromatic rings. The lowest BCUT2D eigenvalue weighted by atomic mass is 10.2. The largest absolute Gasteiger partial charge is 0.493 e. The van der Waals surface area contributed by atoms with E-state index in [-0.39, 0.29) is 17.9 Å². The highest BCUT2D eigenvalue weighted by molar-refractivity contribution is 6.32. The second kappa shape index (κ2) is 9.75. The molecule has 2 rings (SSSR count). The molecule has 2 aromatic carbocycles. The van der Waals surface area contributed by atoms with Crippen LogP contribution in [-0.2, 0) is 4.79 Å². The van der Waals surface area contributed by atoms with Crippen LogP contribution in [0.15, 0.2) is 41.5 Å². The quantitative estimate of drug-likeness (QED) is 0.542. The Morgan fingerprint density at radius 2 is 1.86 bits per heavy atom. The minimum atomic E-state index is -0.386. The molecule has 0 atom stereocenters. The third-order valence-corrected chi connectivity index (χ3v) is 3.73. The zero-order chi connectivity index (χ0) is 20.7. The average molecular weight is 404 g/mol. The van der Waals surface area contributed by atoms with Crippen LogP contribution in [0.3, 0.4) is 0 Å². The van der Waals surface area contributed by atoms with Crippen molar-refractivity contribution in [2.24, 2.45) is 5.10 Å². The lowest BCUT2D eigenvalue weighted by Gasteiger charge is -2.15. The molecule has 2 amide bonds. The van der Waals surface area contributed by atoms with Gasteiger partial charge in [-0.3, -0.25) is 9.59 Å². The van der Waals surface area contributed by atoms with Crippen molar-refractivity contribution in [3.05, 3.63) is 52.5 Å². The molecule has 0 unspecified atom stereocenters. The predicted octanol–water partition coefficient (Wildman–Crippen LogP) is 3.86. The van der Waals surface area contributed by atoms with Gasteiger partial charge in [-0.2, -0.15) is 5.10 Å². The van der Waals surface area contributed by atoms with E-state index in [0.29, 0.717) is 33.3 Å². The maximum atomic E-state index is 12.2. The molecule has 0 aliphatic rings. The van der Waals surface area contributed by atoms with Crippen LogP contribution in [0.1, 0.15) is 36.7 Å². The highest BCUT2D eigenvalue weighted by Gasteiger charge is 2.13. The monoisotopic (exact) mass is 403 g/mol. The Bertz CT molecular complexity index is 880. The number of nitrogens with zero attached hydrogens (tertiary/aromatic N) is 1. The molecular formula is C20H22ClN3O4. The van der Waals surface area contributed by atoms with Crippen LogP contribution in [0, 0.1) is 0 Å². The molecule has 28 heavy (non-hydrogen) atoms. The van der Waals surface area contributed by atoms with E-state index in [1.807, 2.05) is 13.8 Å². The molecule has 7 nitrogen and oxygen atoms in total. The standard InChI is InChI=1S/C20H22ClN3O4/c1-12(2)28-19-17(21)9-14(10-18(19)27-4)11-22-24-20(26)15-5-7-16(8-6-15)23-13(3)25/h5-12H,1-4H3,(H,23,25)(H,24,26)/b22-11-. The third-order valence-electron chi connectivity index (χ3n) is 3.45. The van der Waals surface area contributed by atoms with E-state index in [2.05, 4.69) is 15.8 Å². The Hall–Kier alpha value is -3.06. The molecule has 0 spiro atoms. The van der Waals surface area contributed by atoms with Gasteiger partial charge in [0.05, 0.1) is 24.5 Å². The van der Waals surface area contributed by atoms with Gasteiger partial charge in [0, 0.05) is 18.2 Å². The van der Waals surface area contributed by atoms with Crippen LogP contribution in [0.2, 0.25) is 5.02 Å². The Morgan fingerprint density at radius 3 is 2.43 bits per heavy atom. The van der Waals surface area contributed by atoms with Gasteiger partial charge < -0.3 is 14.8 Å². The molecule has 148 valence electrons. The summed E-state index contributed by atoms with van der Waals surface area (Å²) < 4.78 is 11.0. The van der Waals surface area contributed by atoms with Gasteiger partial charge >= 0.3 is 0 Å². The van der Waals surface area contributed by atoms with Gasteiger partial charge in [-0.25, -0.2) is 5.43 Å². The number of amides is 2. The molecule has 0 aliphatic carbocycles. The van der Waals surface area contributed by atoms with Gasteiger partial charge in [-0.1, -0.05) is 11.6 Å². The molecule has 0 aliphatic heterocycles. The van der Waals surface area contributed by atoms with Gasteiger partial charge in [0.1, 0.15) is 0 Å². The zero-order valence-electron chi connectivity index (χ0n) is 16.1. The number of carbonyl (C=O) groups is 2. The van der Waals surface area contributed by atoms with Crippen LogP contribution < -0.4 is 20.2 Å². The molecule has 0 fully saturated rings. The van der Waals surface area contributed by atoms with E-state index in [1.54, 1.807) is 36.4 Å². The van der Waals surface area contributed by atoms with E-state index < -0.39 is 0 Å². The summed E-state index contributed by atoms with van der Waals surface area (Å²) in [4.78, 5) is 23.2. The van der Waals surface area contributed by atoms with Gasteiger partial charge in [-0.05, 0) is 55.8 Å². The number of halogens is 1. The molecule has 8 heteroatoms. The number of hydrogen-bond donors (Lipinski definition) is 2. The SMILES string of the molecule is COc1cc(/C=N\NC(=O)c2ccc(NC(C)=O)cc2)cc(Cl)c1OC(C)C. The van der Waals surface area contributed by atoms with Gasteiger partial charge in [0.15, 0.2) is 11.5 Å². The van der Waals surface area contributed by atoms with E-state index in [1.165, 1.54) is 20.2 Å². The average Bonchev–Trinajstić information content (AvgIpc) is 2.63. The fourth-order valence-corrected chi connectivity index (χ4v) is 2.57. The first-order valence-electron chi connectivity index (χ1n) is 8.55. The number of ether oxygens (including phenoxy) is 2. The van der Waals surface area contributed by atoms with Crippen LogP contribution >= 0.6 is 11.6 Å². The first-order chi connectivity index (χ1) is 13.3. The second-order valence-corrected chi connectivity index (χ2v) is 6.57. The number of anilines is 1. The maximum absolute atomic E-state index is 12.2. The highest BCUT2D eigenvalue weighted by Crippen LogP contribution is 2.36. The minimum Gasteiger partial charge on any atom is -0.493 e. The number of nitrogens with one attached hydrogen (secondary N) is 2. The molecular weight excluding hydrogens is 382 g/mol. The van der Waals surface area contributed by atoms with Crippen molar-refractivity contribution in [3.8, 4) is 11.5 Å². The first kappa shape index (κ1) is 21.2. The molecule has 0 heterocycles. The van der Waals surface area contributed by atoms with Crippen molar-refractivity contribution >= 4 is 35.3 Å². The minimum absolute atomic E-state index is 0.0535. The zero-order valence-corrected chi connectivity index (χ0v) is 16.8. The van der Waals surface area contributed by atoms with Crippen molar-refractivity contribution in [2.45, 2.75) is 26.9 Å². The normalized spacial score (nSPS) is 10.8. The summed E-state index contributed by atoms with van der Waals surface area (Å²) in [6.07, 6.45) is 1.40. The highest BCUT2D eigenvalue weighted by atomic mass is 35.5. The Morgan fingerprint density at radius 1 is 1.18 bits per heavy atom. The van der Waals surface area contributed by atoms with Gasteiger partial charge in [0.25, 0.3) is 5.91 Å². The van der Waals surface area contributed by atoms with Crippen molar-refractivity contribution in [3.63, 3.8) is 0 Å². The summed E-state index contributed by atoms with van der Waals surface area (Å²) in [5.74, 6) is 0.367. The summed E-state index contributed by atoms with van der Waals surface area (Å²) >= 11 is 6.26. The predicted molar refractivity (Wildman–Crippen MR) is 110 cm³/mol. The molecule has 0 radical (unpaired) electrons. The molecule has 0 aromatic heterocycles. The summed E-state index contributed by atoms with van der Waals surface area (Å²) in [6, 6.07) is 9.83. The summed E-state index contributed by atoms with van der Waals surface area (Å²) in [6.45, 7) is 5.20. The van der Waals surface area contributed by atoms with Crippen molar-refractivity contribution in [2.75, 3.05) is 12.4 Å². The number of hydrogen-bond acceptors (Lipinski definition) is 5. The lowest BCUT2D eigenvalue weighted by Crippen LogP contribution is -2.17. The Balaban J connectivity index is 2.06. The maximum Gasteiger partial charge on any atom is 0.271 e. The lowest BCUT2D eigenvalue weighted by molar-refractivity contribution is -0.114. The molecule has 0 saturated carbocycles. The molecule has 0 saturated heterocycles. The Labute approximate surface area is 168 Å². The van der Waals surface area contributed by atoms with E-state index in [0.717, 1.165) is 0 Å². The van der Waals surface area contributed by atoms with Crippen LogP contribution in [0.25, 0.3) is 0 Å². The van der Waals surface area contributed by atoms with Gasteiger partial charge in [-0.15, -0.1) is 0 Å². The smallest absolute Gasteiger partial charge is 0.271 e. The number of benzene rings is 2. The summed E-state index contributed by atoms with van der Waals surface area (Å²) in [5, 5.41) is 6.96. The number of hydrazone groups is 1. The van der Waals surface area contributed by atoms with Crippen LogP contribution in [0.5, 0.6) is 11.5 Å². The number of methoxy groups -OCH3 is 1. The van der Waals surface area contributed by atoms with E-state index >= 15 is 0 Å².